The van der Waals surface area contributed by atoms with Gasteiger partial charge in [-0.25, -0.2) is 4.79 Å². The van der Waals surface area contributed by atoms with Crippen molar-refractivity contribution in [2.45, 2.75) is 73.5 Å². The Bertz CT molecular complexity index is 450. The quantitative estimate of drug-likeness (QED) is 0.536. The largest absolute Gasteiger partial charge is 0.460 e. The maximum atomic E-state index is 11.7. The normalized spacial score (nSPS) is 11.0. The number of ether oxygens (including phenoxy) is 1. The molecule has 0 saturated heterocycles. The van der Waals surface area contributed by atoms with Gasteiger partial charge in [0.15, 0.2) is 0 Å². The molecule has 0 aromatic carbocycles. The van der Waals surface area contributed by atoms with E-state index in [0.717, 1.165) is 31.5 Å². The molecule has 1 heterocycles. The van der Waals surface area contributed by atoms with Gasteiger partial charge in [0.1, 0.15) is 0 Å². The maximum absolute atomic E-state index is 11.7. The van der Waals surface area contributed by atoms with Crippen LogP contribution in [0.1, 0.15) is 64.1 Å². The minimum atomic E-state index is -0.267. The van der Waals surface area contributed by atoms with Gasteiger partial charge in [0.05, 0.1) is 6.10 Å². The average Bonchev–Trinajstić information content (AvgIpc) is 2.94. The number of hydrogen-bond donors (Lipinski definition) is 1. The lowest BCUT2D eigenvalue weighted by Crippen LogP contribution is -2.16. The molecule has 1 rings (SSSR count). The Hall–Kier alpha value is -1.29. The lowest BCUT2D eigenvalue weighted by Gasteiger charge is -2.10. The van der Waals surface area contributed by atoms with Crippen molar-refractivity contribution < 1.29 is 9.53 Å². The summed E-state index contributed by atoms with van der Waals surface area (Å²) in [5.41, 5.74) is 0.949. The van der Waals surface area contributed by atoms with Crippen molar-refractivity contribution >= 4 is 17.3 Å². The first kappa shape index (κ1) is 20.7. The lowest BCUT2D eigenvalue weighted by atomic mass is 10.2. The molecule has 0 aliphatic rings. The third kappa shape index (κ3) is 8.88. The van der Waals surface area contributed by atoms with Crippen molar-refractivity contribution in [2.24, 2.45) is 0 Å². The molecule has 0 radical (unpaired) electrons. The van der Waals surface area contributed by atoms with E-state index in [1.54, 1.807) is 6.08 Å². The summed E-state index contributed by atoms with van der Waals surface area (Å²) >= 11 is 1.82. The van der Waals surface area contributed by atoms with E-state index in [1.807, 2.05) is 39.0 Å². The first-order chi connectivity index (χ1) is 10.5. The molecule has 4 heteroatoms. The standard InChI is InChI=1S/C16H25NO2S.C2H6/c1-5-7-13(10-16(18)19-12(3)4)17-11-15-9-8-14(6-2)20-15;1-2/h8-10,12,17H,5-7,11H2,1-4H3;1-2H3/b13-10-;. The summed E-state index contributed by atoms with van der Waals surface area (Å²) in [6, 6.07) is 4.31. The van der Waals surface area contributed by atoms with E-state index in [1.165, 1.54) is 9.75 Å². The van der Waals surface area contributed by atoms with Gasteiger partial charge in [0.2, 0.25) is 0 Å². The van der Waals surface area contributed by atoms with Gasteiger partial charge in [0.25, 0.3) is 0 Å². The predicted octanol–water partition coefficient (Wildman–Crippen LogP) is 5.06. The minimum Gasteiger partial charge on any atom is -0.460 e. The number of allylic oxidation sites excluding steroid dienone is 1. The number of nitrogens with one attached hydrogen (secondary N) is 1. The Labute approximate surface area is 139 Å². The number of carbonyl (C=O) groups is 1. The fourth-order valence-corrected chi connectivity index (χ4v) is 2.70. The van der Waals surface area contributed by atoms with Crippen LogP contribution >= 0.6 is 11.3 Å². The van der Waals surface area contributed by atoms with Crippen LogP contribution in [0.3, 0.4) is 0 Å². The van der Waals surface area contributed by atoms with Gasteiger partial charge in [-0.2, -0.15) is 0 Å². The average molecular weight is 326 g/mol. The molecule has 1 aromatic rings. The van der Waals surface area contributed by atoms with Crippen LogP contribution in [0.25, 0.3) is 0 Å². The smallest absolute Gasteiger partial charge is 0.332 e. The maximum Gasteiger partial charge on any atom is 0.332 e. The Kier molecular flexibility index (Phi) is 11.6. The van der Waals surface area contributed by atoms with Crippen LogP contribution in [0.15, 0.2) is 23.9 Å². The highest BCUT2D eigenvalue weighted by atomic mass is 32.1. The molecule has 0 atom stereocenters. The van der Waals surface area contributed by atoms with E-state index in [4.69, 9.17) is 4.74 Å². The molecule has 0 spiro atoms. The molecule has 3 nitrogen and oxygen atoms in total. The van der Waals surface area contributed by atoms with Crippen molar-refractivity contribution in [3.05, 3.63) is 33.7 Å². The molecule has 0 bridgehead atoms. The number of aryl methyl sites for hydroxylation is 1. The van der Waals surface area contributed by atoms with E-state index in [0.29, 0.717) is 0 Å². The molecule has 22 heavy (non-hydrogen) atoms. The number of esters is 1. The fourth-order valence-electron chi connectivity index (χ4n) is 1.80. The van der Waals surface area contributed by atoms with Gasteiger partial charge in [-0.05, 0) is 38.8 Å². The van der Waals surface area contributed by atoms with E-state index in [-0.39, 0.29) is 12.1 Å². The number of thiophene rings is 1. The van der Waals surface area contributed by atoms with Gasteiger partial charge >= 0.3 is 5.97 Å². The molecule has 0 aliphatic carbocycles. The monoisotopic (exact) mass is 325 g/mol. The van der Waals surface area contributed by atoms with Crippen molar-refractivity contribution in [1.29, 1.82) is 0 Å². The highest BCUT2D eigenvalue weighted by Gasteiger charge is 2.05. The first-order valence-electron chi connectivity index (χ1n) is 8.27. The Morgan fingerprint density at radius 2 is 1.91 bits per heavy atom. The van der Waals surface area contributed by atoms with Gasteiger partial charge in [-0.1, -0.05) is 34.1 Å². The SMILES string of the molecule is CC.CCC/C(=C/C(=O)OC(C)C)NCc1ccc(CC)s1. The number of hydrogen-bond acceptors (Lipinski definition) is 4. The highest BCUT2D eigenvalue weighted by molar-refractivity contribution is 7.11. The van der Waals surface area contributed by atoms with E-state index in [9.17, 15) is 4.79 Å². The summed E-state index contributed by atoms with van der Waals surface area (Å²) < 4.78 is 5.15. The van der Waals surface area contributed by atoms with E-state index >= 15 is 0 Å². The van der Waals surface area contributed by atoms with Gasteiger partial charge in [-0.15, -0.1) is 11.3 Å². The molecular weight excluding hydrogens is 294 g/mol. The second-order valence-corrected chi connectivity index (χ2v) is 6.23. The van der Waals surface area contributed by atoms with Crippen LogP contribution in [0, 0.1) is 0 Å². The van der Waals surface area contributed by atoms with Gasteiger partial charge in [-0.3, -0.25) is 0 Å². The number of carbonyl (C=O) groups excluding carboxylic acids is 1. The summed E-state index contributed by atoms with van der Waals surface area (Å²) in [6.07, 6.45) is 4.43. The van der Waals surface area contributed by atoms with E-state index in [2.05, 4.69) is 31.3 Å². The molecule has 1 N–H and O–H groups in total. The molecule has 0 saturated carbocycles. The Morgan fingerprint density at radius 3 is 2.41 bits per heavy atom. The first-order valence-corrected chi connectivity index (χ1v) is 9.09. The molecule has 1 aromatic heterocycles. The van der Waals surface area contributed by atoms with Gasteiger partial charge < -0.3 is 10.1 Å². The minimum absolute atomic E-state index is 0.0777. The molecular formula is C18H31NO2S. The van der Waals surface area contributed by atoms with Crippen LogP contribution in [0.2, 0.25) is 0 Å². The van der Waals surface area contributed by atoms with Crippen LogP contribution < -0.4 is 5.32 Å². The van der Waals surface area contributed by atoms with Crippen molar-refractivity contribution in [1.82, 2.24) is 5.32 Å². The van der Waals surface area contributed by atoms with Crippen LogP contribution in [-0.2, 0) is 22.5 Å². The summed E-state index contributed by atoms with van der Waals surface area (Å²) in [5.74, 6) is -0.267. The van der Waals surface area contributed by atoms with Crippen LogP contribution in [-0.4, -0.2) is 12.1 Å². The topological polar surface area (TPSA) is 38.3 Å². The van der Waals surface area contributed by atoms with Crippen molar-refractivity contribution in [2.75, 3.05) is 0 Å². The summed E-state index contributed by atoms with van der Waals surface area (Å²) in [7, 11) is 0. The molecule has 0 unspecified atom stereocenters. The Morgan fingerprint density at radius 1 is 1.27 bits per heavy atom. The third-order valence-electron chi connectivity index (χ3n) is 2.72. The van der Waals surface area contributed by atoms with Crippen molar-refractivity contribution in [3.63, 3.8) is 0 Å². The summed E-state index contributed by atoms with van der Waals surface area (Å²) in [6.45, 7) is 12.7. The van der Waals surface area contributed by atoms with Crippen LogP contribution in [0.5, 0.6) is 0 Å². The third-order valence-corrected chi connectivity index (χ3v) is 3.95. The zero-order chi connectivity index (χ0) is 17.0. The number of rotatable bonds is 8. The second kappa shape index (κ2) is 12.3. The lowest BCUT2D eigenvalue weighted by molar-refractivity contribution is -0.141. The predicted molar refractivity (Wildman–Crippen MR) is 96.1 cm³/mol. The van der Waals surface area contributed by atoms with Gasteiger partial charge in [0, 0.05) is 28.1 Å². The molecule has 126 valence electrons. The molecule has 0 aliphatic heterocycles. The molecule has 0 fully saturated rings. The van der Waals surface area contributed by atoms with Crippen LogP contribution in [0.4, 0.5) is 0 Å². The zero-order valence-corrected chi connectivity index (χ0v) is 15.7. The summed E-state index contributed by atoms with van der Waals surface area (Å²) in [5, 5.41) is 3.35. The Balaban J connectivity index is 0.00000211. The highest BCUT2D eigenvalue weighted by Crippen LogP contribution is 2.17. The zero-order valence-electron chi connectivity index (χ0n) is 14.9. The fraction of sp³-hybridized carbons (Fsp3) is 0.611. The second-order valence-electron chi connectivity index (χ2n) is 4.98. The van der Waals surface area contributed by atoms with Crippen molar-refractivity contribution in [3.8, 4) is 0 Å². The molecule has 0 amide bonds. The van der Waals surface area contributed by atoms with E-state index < -0.39 is 0 Å². The summed E-state index contributed by atoms with van der Waals surface area (Å²) in [4.78, 5) is 14.3.